The normalized spacial score (nSPS) is 11.7. The lowest BCUT2D eigenvalue weighted by molar-refractivity contribution is -0.428. The van der Waals surface area contributed by atoms with E-state index in [-0.39, 0.29) is 10.7 Å². The lowest BCUT2D eigenvalue weighted by Crippen LogP contribution is -1.99. The SMILES string of the molecule is CCCCCCCCCCC/C=C(\CCCCCC(C)=O)[N+](=O)[O-]. The molecular weight excluding hydrogens is 302 g/mol. The van der Waals surface area contributed by atoms with Gasteiger partial charge >= 0.3 is 0 Å². The molecule has 24 heavy (non-hydrogen) atoms. The number of unbranched alkanes of at least 4 members (excludes halogenated alkanes) is 11. The third kappa shape index (κ3) is 15.7. The number of carbonyl (C=O) groups excluding carboxylic acids is 1. The topological polar surface area (TPSA) is 60.2 Å². The van der Waals surface area contributed by atoms with Gasteiger partial charge in [-0.3, -0.25) is 10.1 Å². The second kappa shape index (κ2) is 16.7. The third-order valence-electron chi connectivity index (χ3n) is 4.38. The van der Waals surface area contributed by atoms with Crippen molar-refractivity contribution < 1.29 is 9.72 Å². The molecule has 0 saturated carbocycles. The summed E-state index contributed by atoms with van der Waals surface area (Å²) >= 11 is 0. The van der Waals surface area contributed by atoms with Gasteiger partial charge in [0.2, 0.25) is 5.70 Å². The summed E-state index contributed by atoms with van der Waals surface area (Å²) in [5, 5.41) is 11.0. The zero-order valence-corrected chi connectivity index (χ0v) is 15.9. The molecule has 0 aliphatic carbocycles. The fraction of sp³-hybridized carbons (Fsp3) is 0.850. The first-order valence-corrected chi connectivity index (χ1v) is 9.90. The first-order valence-electron chi connectivity index (χ1n) is 9.90. The molecule has 0 bridgehead atoms. The quantitative estimate of drug-likeness (QED) is 0.170. The summed E-state index contributed by atoms with van der Waals surface area (Å²) in [5.74, 6) is 0.199. The van der Waals surface area contributed by atoms with Gasteiger partial charge in [0.05, 0.1) is 4.92 Å². The summed E-state index contributed by atoms with van der Waals surface area (Å²) in [6, 6.07) is 0. The minimum Gasteiger partial charge on any atom is -0.300 e. The number of hydrogen-bond donors (Lipinski definition) is 0. The van der Waals surface area contributed by atoms with Gasteiger partial charge in [-0.15, -0.1) is 0 Å². The maximum atomic E-state index is 11.0. The number of nitro groups is 1. The van der Waals surface area contributed by atoms with Gasteiger partial charge in [0, 0.05) is 12.8 Å². The van der Waals surface area contributed by atoms with Crippen LogP contribution in [0.3, 0.4) is 0 Å². The van der Waals surface area contributed by atoms with Crippen LogP contribution in [0.4, 0.5) is 0 Å². The monoisotopic (exact) mass is 339 g/mol. The Hall–Kier alpha value is -1.19. The smallest absolute Gasteiger partial charge is 0.242 e. The molecule has 0 N–H and O–H groups in total. The average Bonchev–Trinajstić information content (AvgIpc) is 2.53. The molecule has 0 aliphatic rings. The van der Waals surface area contributed by atoms with Crippen LogP contribution < -0.4 is 0 Å². The van der Waals surface area contributed by atoms with Crippen LogP contribution in [0.15, 0.2) is 11.8 Å². The molecule has 0 unspecified atom stereocenters. The Labute approximate surface area is 148 Å². The Balaban J connectivity index is 3.66. The van der Waals surface area contributed by atoms with Crippen molar-refractivity contribution >= 4 is 5.78 Å². The van der Waals surface area contributed by atoms with E-state index >= 15 is 0 Å². The van der Waals surface area contributed by atoms with Crippen LogP contribution in [-0.2, 0) is 4.79 Å². The number of allylic oxidation sites excluding steroid dienone is 2. The number of rotatable bonds is 17. The van der Waals surface area contributed by atoms with Crippen molar-refractivity contribution in [2.24, 2.45) is 0 Å². The van der Waals surface area contributed by atoms with E-state index < -0.39 is 0 Å². The van der Waals surface area contributed by atoms with Gasteiger partial charge in [-0.25, -0.2) is 0 Å². The van der Waals surface area contributed by atoms with Gasteiger partial charge in [0.1, 0.15) is 5.78 Å². The largest absolute Gasteiger partial charge is 0.300 e. The molecule has 4 nitrogen and oxygen atoms in total. The van der Waals surface area contributed by atoms with E-state index in [1.54, 1.807) is 6.92 Å². The molecule has 0 atom stereocenters. The molecule has 0 fully saturated rings. The van der Waals surface area contributed by atoms with Crippen molar-refractivity contribution in [3.63, 3.8) is 0 Å². The lowest BCUT2D eigenvalue weighted by Gasteiger charge is -2.02. The summed E-state index contributed by atoms with van der Waals surface area (Å²) in [6.45, 7) is 3.83. The maximum absolute atomic E-state index is 11.0. The maximum Gasteiger partial charge on any atom is 0.242 e. The van der Waals surface area contributed by atoms with Crippen molar-refractivity contribution in [3.05, 3.63) is 21.9 Å². The van der Waals surface area contributed by atoms with Crippen molar-refractivity contribution in [1.82, 2.24) is 0 Å². The molecule has 0 spiro atoms. The van der Waals surface area contributed by atoms with Crippen LogP contribution in [0, 0.1) is 10.1 Å². The summed E-state index contributed by atoms with van der Waals surface area (Å²) in [5.41, 5.74) is 0.359. The number of nitrogens with zero attached hydrogens (tertiary/aromatic N) is 1. The van der Waals surface area contributed by atoms with E-state index in [2.05, 4.69) is 6.92 Å². The number of hydrogen-bond acceptors (Lipinski definition) is 3. The Kier molecular flexibility index (Phi) is 15.8. The standard InChI is InChI=1S/C20H37NO3/c1-3-4-5-6-7-8-9-10-11-14-17-20(21(23)24)18-15-12-13-16-19(2)22/h17H,3-16,18H2,1-2H3/b20-17+. The number of Topliss-reactive ketones (excluding diaryl/α,β-unsaturated/α-hetero) is 1. The second-order valence-electron chi connectivity index (χ2n) is 6.83. The van der Waals surface area contributed by atoms with Crippen molar-refractivity contribution in [3.8, 4) is 0 Å². The second-order valence-corrected chi connectivity index (χ2v) is 6.83. The zero-order valence-electron chi connectivity index (χ0n) is 15.9. The van der Waals surface area contributed by atoms with Gasteiger partial charge in [-0.2, -0.15) is 0 Å². The first-order chi connectivity index (χ1) is 11.6. The predicted molar refractivity (Wildman–Crippen MR) is 101 cm³/mol. The average molecular weight is 340 g/mol. The summed E-state index contributed by atoms with van der Waals surface area (Å²) < 4.78 is 0. The van der Waals surface area contributed by atoms with Gasteiger partial charge in [-0.1, -0.05) is 64.7 Å². The minimum atomic E-state index is -0.237. The molecule has 4 heteroatoms. The molecule has 0 heterocycles. The summed E-state index contributed by atoms with van der Waals surface area (Å²) in [7, 11) is 0. The molecule has 0 aromatic carbocycles. The number of carbonyl (C=O) groups is 1. The molecular formula is C20H37NO3. The highest BCUT2D eigenvalue weighted by Crippen LogP contribution is 2.14. The van der Waals surface area contributed by atoms with Gasteiger partial charge < -0.3 is 4.79 Å². The molecule has 0 radical (unpaired) electrons. The molecule has 0 aromatic heterocycles. The van der Waals surface area contributed by atoms with E-state index in [1.165, 1.54) is 51.4 Å². The Bertz CT molecular complexity index is 364. The molecule has 0 aliphatic heterocycles. The van der Waals surface area contributed by atoms with Crippen LogP contribution >= 0.6 is 0 Å². The van der Waals surface area contributed by atoms with Crippen molar-refractivity contribution in [2.45, 2.75) is 110 Å². The first kappa shape index (κ1) is 22.8. The van der Waals surface area contributed by atoms with Crippen molar-refractivity contribution in [1.29, 1.82) is 0 Å². The molecule has 0 amide bonds. The van der Waals surface area contributed by atoms with E-state index in [9.17, 15) is 14.9 Å². The van der Waals surface area contributed by atoms with E-state index in [0.29, 0.717) is 18.5 Å². The molecule has 0 rings (SSSR count). The number of ketones is 1. The van der Waals surface area contributed by atoms with Crippen LogP contribution in [0.25, 0.3) is 0 Å². The van der Waals surface area contributed by atoms with Crippen molar-refractivity contribution in [2.75, 3.05) is 0 Å². The highest BCUT2D eigenvalue weighted by atomic mass is 16.6. The summed E-state index contributed by atoms with van der Waals surface area (Å²) in [4.78, 5) is 21.7. The molecule has 0 aromatic rings. The lowest BCUT2D eigenvalue weighted by atomic mass is 10.1. The highest BCUT2D eigenvalue weighted by molar-refractivity contribution is 5.75. The van der Waals surface area contributed by atoms with Crippen LogP contribution in [0.2, 0.25) is 0 Å². The Morgan fingerprint density at radius 3 is 1.88 bits per heavy atom. The Morgan fingerprint density at radius 2 is 1.33 bits per heavy atom. The van der Waals surface area contributed by atoms with Crippen LogP contribution in [0.5, 0.6) is 0 Å². The molecule has 140 valence electrons. The van der Waals surface area contributed by atoms with Gasteiger partial charge in [0.15, 0.2) is 0 Å². The molecule has 0 saturated heterocycles. The van der Waals surface area contributed by atoms with Gasteiger partial charge in [0.25, 0.3) is 0 Å². The van der Waals surface area contributed by atoms with E-state index in [4.69, 9.17) is 0 Å². The third-order valence-corrected chi connectivity index (χ3v) is 4.38. The fourth-order valence-corrected chi connectivity index (χ4v) is 2.85. The fourth-order valence-electron chi connectivity index (χ4n) is 2.85. The highest BCUT2D eigenvalue weighted by Gasteiger charge is 2.09. The minimum absolute atomic E-state index is 0.199. The van der Waals surface area contributed by atoms with Crippen LogP contribution in [0.1, 0.15) is 110 Å². The van der Waals surface area contributed by atoms with Gasteiger partial charge in [-0.05, 0) is 38.7 Å². The Morgan fingerprint density at radius 1 is 0.833 bits per heavy atom. The summed E-state index contributed by atoms with van der Waals surface area (Å²) in [6.07, 6.45) is 17.8. The zero-order chi connectivity index (χ0) is 18.0. The van der Waals surface area contributed by atoms with Crippen LogP contribution in [-0.4, -0.2) is 10.7 Å². The van der Waals surface area contributed by atoms with E-state index in [1.807, 2.05) is 6.08 Å². The van der Waals surface area contributed by atoms with E-state index in [0.717, 1.165) is 32.1 Å². The predicted octanol–water partition coefficient (Wildman–Crippen LogP) is 6.61.